The zero-order valence-electron chi connectivity index (χ0n) is 12.9. The third kappa shape index (κ3) is 2.45. The molecule has 0 atom stereocenters. The second-order valence-corrected chi connectivity index (χ2v) is 5.91. The summed E-state index contributed by atoms with van der Waals surface area (Å²) in [6.45, 7) is 4.04. The van der Waals surface area contributed by atoms with Crippen molar-refractivity contribution in [2.45, 2.75) is 19.8 Å². The summed E-state index contributed by atoms with van der Waals surface area (Å²) in [4.78, 5) is 18.9. The van der Waals surface area contributed by atoms with Gasteiger partial charge in [-0.3, -0.25) is 4.79 Å². The van der Waals surface area contributed by atoms with Crippen LogP contribution in [0.15, 0.2) is 34.2 Å². The molecule has 116 valence electrons. The number of anilines is 1. The molecule has 1 saturated heterocycles. The van der Waals surface area contributed by atoms with E-state index < -0.39 is 5.56 Å². The molecule has 2 heterocycles. The molecule has 0 aliphatic carbocycles. The highest BCUT2D eigenvalue weighted by Crippen LogP contribution is 2.26. The van der Waals surface area contributed by atoms with Crippen molar-refractivity contribution < 1.29 is 5.21 Å². The quantitative estimate of drug-likeness (QED) is 0.639. The minimum absolute atomic E-state index is 0.174. The van der Waals surface area contributed by atoms with E-state index >= 15 is 0 Å². The standard InChI is InChI=1S/C16H20N4O2/c1-11-7-9-20(10-8-11)15-12-5-3-4-6-13(12)19(2)16(21)14(17-15)18-22/h3-6,11,22H,7-10H2,1-2H3/b18-14+. The molecule has 0 spiro atoms. The van der Waals surface area contributed by atoms with E-state index in [-0.39, 0.29) is 5.49 Å². The van der Waals surface area contributed by atoms with Crippen LogP contribution >= 0.6 is 0 Å². The van der Waals surface area contributed by atoms with Gasteiger partial charge in [-0.2, -0.15) is 0 Å². The number of benzene rings is 1. The molecule has 1 aliphatic rings. The molecule has 1 aliphatic heterocycles. The first kappa shape index (κ1) is 14.6. The monoisotopic (exact) mass is 300 g/mol. The van der Waals surface area contributed by atoms with E-state index in [9.17, 15) is 4.79 Å². The molecular formula is C16H20N4O2. The van der Waals surface area contributed by atoms with Crippen molar-refractivity contribution >= 4 is 16.7 Å². The number of aromatic nitrogens is 2. The normalized spacial score (nSPS) is 17.2. The molecule has 0 radical (unpaired) electrons. The summed E-state index contributed by atoms with van der Waals surface area (Å²) >= 11 is 0. The molecule has 0 saturated carbocycles. The molecule has 1 fully saturated rings. The van der Waals surface area contributed by atoms with E-state index in [1.165, 1.54) is 4.57 Å². The fraction of sp³-hybridized carbons (Fsp3) is 0.438. The second-order valence-electron chi connectivity index (χ2n) is 5.91. The largest absolute Gasteiger partial charge is 0.409 e. The molecule has 0 amide bonds. The first-order valence-corrected chi connectivity index (χ1v) is 7.55. The fourth-order valence-electron chi connectivity index (χ4n) is 2.95. The Morgan fingerprint density at radius 1 is 1.27 bits per heavy atom. The molecule has 1 aromatic heterocycles. The van der Waals surface area contributed by atoms with Crippen LogP contribution in [0.25, 0.3) is 10.9 Å². The molecule has 1 N–H and O–H groups in total. The van der Waals surface area contributed by atoms with Gasteiger partial charge in [-0.1, -0.05) is 24.2 Å². The maximum Gasteiger partial charge on any atom is 0.299 e. The summed E-state index contributed by atoms with van der Waals surface area (Å²) < 4.78 is 1.48. The van der Waals surface area contributed by atoms with Gasteiger partial charge in [0, 0.05) is 25.5 Å². The van der Waals surface area contributed by atoms with Gasteiger partial charge in [0.15, 0.2) is 0 Å². The first-order valence-electron chi connectivity index (χ1n) is 7.55. The van der Waals surface area contributed by atoms with Gasteiger partial charge in [0.2, 0.25) is 0 Å². The predicted molar refractivity (Wildman–Crippen MR) is 84.9 cm³/mol. The van der Waals surface area contributed by atoms with Crippen molar-refractivity contribution in [1.82, 2.24) is 9.55 Å². The Hall–Kier alpha value is -2.37. The summed E-state index contributed by atoms with van der Waals surface area (Å²) in [6.07, 6.45) is 2.19. The highest BCUT2D eigenvalue weighted by molar-refractivity contribution is 5.89. The van der Waals surface area contributed by atoms with Gasteiger partial charge in [-0.05, 0) is 30.9 Å². The van der Waals surface area contributed by atoms with Gasteiger partial charge in [0.1, 0.15) is 5.82 Å². The summed E-state index contributed by atoms with van der Waals surface area (Å²) in [5, 5.41) is 13.1. The number of nitrogens with zero attached hydrogens (tertiary/aromatic N) is 4. The number of hydrogen-bond acceptors (Lipinski definition) is 5. The first-order chi connectivity index (χ1) is 10.6. The average Bonchev–Trinajstić information content (AvgIpc) is 2.65. The highest BCUT2D eigenvalue weighted by Gasteiger charge is 2.19. The van der Waals surface area contributed by atoms with E-state index in [1.54, 1.807) is 7.05 Å². The molecule has 2 aromatic rings. The lowest BCUT2D eigenvalue weighted by Gasteiger charge is -2.31. The SMILES string of the molecule is CC1CCN(c2n/c(=N/O)c(=O)n(C)c3ccccc23)CC1. The highest BCUT2D eigenvalue weighted by atomic mass is 16.4. The van der Waals surface area contributed by atoms with Gasteiger partial charge in [-0.15, -0.1) is 0 Å². The summed E-state index contributed by atoms with van der Waals surface area (Å²) in [5.41, 5.74) is 0.200. The van der Waals surface area contributed by atoms with Crippen LogP contribution in [0, 0.1) is 5.92 Å². The molecule has 6 heteroatoms. The maximum absolute atomic E-state index is 12.3. The number of hydrogen-bond donors (Lipinski definition) is 1. The van der Waals surface area contributed by atoms with E-state index in [2.05, 4.69) is 22.0 Å². The Balaban J connectivity index is 2.32. The summed E-state index contributed by atoms with van der Waals surface area (Å²) in [5.74, 6) is 1.42. The lowest BCUT2D eigenvalue weighted by atomic mass is 9.99. The van der Waals surface area contributed by atoms with Crippen LogP contribution in [-0.4, -0.2) is 27.8 Å². The van der Waals surface area contributed by atoms with Crippen LogP contribution in [0.2, 0.25) is 0 Å². The molecular weight excluding hydrogens is 280 g/mol. The topological polar surface area (TPSA) is 70.7 Å². The Morgan fingerprint density at radius 2 is 1.95 bits per heavy atom. The van der Waals surface area contributed by atoms with Gasteiger partial charge in [0.25, 0.3) is 11.0 Å². The Morgan fingerprint density at radius 3 is 2.64 bits per heavy atom. The van der Waals surface area contributed by atoms with Crippen molar-refractivity contribution in [2.24, 2.45) is 18.1 Å². The molecule has 3 rings (SSSR count). The van der Waals surface area contributed by atoms with Gasteiger partial charge < -0.3 is 14.7 Å². The fourth-order valence-corrected chi connectivity index (χ4v) is 2.95. The number of piperidine rings is 1. The van der Waals surface area contributed by atoms with Crippen molar-refractivity contribution in [2.75, 3.05) is 18.0 Å². The average molecular weight is 300 g/mol. The van der Waals surface area contributed by atoms with Crippen LogP contribution in [-0.2, 0) is 7.05 Å². The van der Waals surface area contributed by atoms with E-state index in [4.69, 9.17) is 5.21 Å². The Kier molecular flexibility index (Phi) is 3.83. The minimum atomic E-state index is -0.407. The van der Waals surface area contributed by atoms with Gasteiger partial charge in [-0.25, -0.2) is 4.98 Å². The Bertz CT molecular complexity index is 820. The molecule has 0 bridgehead atoms. The molecule has 22 heavy (non-hydrogen) atoms. The van der Waals surface area contributed by atoms with Crippen LogP contribution in [0.4, 0.5) is 5.82 Å². The summed E-state index contributed by atoms with van der Waals surface area (Å²) in [7, 11) is 1.67. The van der Waals surface area contributed by atoms with Gasteiger partial charge >= 0.3 is 0 Å². The lowest BCUT2D eigenvalue weighted by Crippen LogP contribution is -2.36. The molecule has 1 aromatic carbocycles. The van der Waals surface area contributed by atoms with Gasteiger partial charge in [0.05, 0.1) is 5.52 Å². The molecule has 0 unspecified atom stereocenters. The third-order valence-corrected chi connectivity index (χ3v) is 4.39. The minimum Gasteiger partial charge on any atom is -0.409 e. The van der Waals surface area contributed by atoms with E-state index in [0.717, 1.165) is 36.8 Å². The predicted octanol–water partition coefficient (Wildman–Crippen LogP) is 1.46. The van der Waals surface area contributed by atoms with Crippen molar-refractivity contribution in [3.8, 4) is 0 Å². The molecule has 6 nitrogen and oxygen atoms in total. The number of aryl methyl sites for hydroxylation is 1. The van der Waals surface area contributed by atoms with Crippen molar-refractivity contribution in [1.29, 1.82) is 0 Å². The van der Waals surface area contributed by atoms with Crippen molar-refractivity contribution in [3.63, 3.8) is 0 Å². The van der Waals surface area contributed by atoms with E-state index in [0.29, 0.717) is 11.7 Å². The number of rotatable bonds is 1. The number of fused-ring (bicyclic) bond motifs is 1. The summed E-state index contributed by atoms with van der Waals surface area (Å²) in [6, 6.07) is 7.66. The van der Waals surface area contributed by atoms with Crippen molar-refractivity contribution in [3.05, 3.63) is 40.1 Å². The van der Waals surface area contributed by atoms with E-state index in [1.807, 2.05) is 24.3 Å². The zero-order chi connectivity index (χ0) is 15.7. The lowest BCUT2D eigenvalue weighted by molar-refractivity contribution is 0.297. The smallest absolute Gasteiger partial charge is 0.299 e. The van der Waals surface area contributed by atoms with Crippen LogP contribution < -0.4 is 15.9 Å². The van der Waals surface area contributed by atoms with Crippen LogP contribution in [0.5, 0.6) is 0 Å². The Labute approximate surface area is 128 Å². The van der Waals surface area contributed by atoms with Crippen LogP contribution in [0.3, 0.4) is 0 Å². The maximum atomic E-state index is 12.3. The third-order valence-electron chi connectivity index (χ3n) is 4.39. The second kappa shape index (κ2) is 5.79. The van der Waals surface area contributed by atoms with Crippen LogP contribution in [0.1, 0.15) is 19.8 Å². The zero-order valence-corrected chi connectivity index (χ0v) is 12.9. The number of para-hydroxylation sites is 1.